The Kier molecular flexibility index (Phi) is 5.29. The normalized spacial score (nSPS) is 16.2. The van der Waals surface area contributed by atoms with Gasteiger partial charge in [-0.2, -0.15) is 0 Å². The molecule has 1 atom stereocenters. The number of nitrogens with zero attached hydrogens (tertiary/aromatic N) is 1. The molecule has 4 aromatic rings. The molecular weight excluding hydrogens is 396 g/mol. The third kappa shape index (κ3) is 3.51. The van der Waals surface area contributed by atoms with Gasteiger partial charge in [0.1, 0.15) is 5.58 Å². The van der Waals surface area contributed by atoms with E-state index in [1.807, 2.05) is 31.2 Å². The third-order valence-corrected chi connectivity index (χ3v) is 6.82. The summed E-state index contributed by atoms with van der Waals surface area (Å²) in [7, 11) is 0. The third-order valence-electron chi connectivity index (χ3n) is 5.85. The molecule has 1 aliphatic heterocycles. The SMILES string of the molecule is Cc1c(C(=O)NCC(c2cccs2)N2CCOCC2)oc2c1ccc1ccccc12. The van der Waals surface area contributed by atoms with E-state index in [4.69, 9.17) is 9.15 Å². The summed E-state index contributed by atoms with van der Waals surface area (Å²) in [6, 6.07) is 16.5. The fraction of sp³-hybridized carbons (Fsp3) is 0.292. The number of carbonyl (C=O) groups is 1. The summed E-state index contributed by atoms with van der Waals surface area (Å²) in [5.74, 6) is 0.232. The Morgan fingerprint density at radius 3 is 2.73 bits per heavy atom. The van der Waals surface area contributed by atoms with Crippen molar-refractivity contribution in [2.75, 3.05) is 32.8 Å². The van der Waals surface area contributed by atoms with Gasteiger partial charge >= 0.3 is 0 Å². The molecule has 154 valence electrons. The lowest BCUT2D eigenvalue weighted by atomic mass is 10.1. The van der Waals surface area contributed by atoms with E-state index in [2.05, 4.69) is 39.9 Å². The van der Waals surface area contributed by atoms with Crippen molar-refractivity contribution in [3.63, 3.8) is 0 Å². The summed E-state index contributed by atoms with van der Waals surface area (Å²) in [5, 5.41) is 8.33. The zero-order chi connectivity index (χ0) is 20.5. The molecule has 0 spiro atoms. The maximum atomic E-state index is 13.1. The molecule has 1 aliphatic rings. The number of morpholine rings is 1. The zero-order valence-electron chi connectivity index (χ0n) is 16.9. The number of furan rings is 1. The highest BCUT2D eigenvalue weighted by atomic mass is 32.1. The molecule has 0 radical (unpaired) electrons. The summed E-state index contributed by atoms with van der Waals surface area (Å²) < 4.78 is 11.6. The van der Waals surface area contributed by atoms with E-state index in [0.717, 1.165) is 53.6 Å². The van der Waals surface area contributed by atoms with Crippen molar-refractivity contribution in [3.8, 4) is 0 Å². The van der Waals surface area contributed by atoms with Gasteiger partial charge in [0, 0.05) is 40.8 Å². The molecule has 2 aromatic carbocycles. The van der Waals surface area contributed by atoms with Crippen LogP contribution < -0.4 is 5.32 Å². The maximum Gasteiger partial charge on any atom is 0.287 e. The van der Waals surface area contributed by atoms with Crippen LogP contribution in [0.3, 0.4) is 0 Å². The Bertz CT molecular complexity index is 1180. The van der Waals surface area contributed by atoms with Crippen LogP contribution in [0.15, 0.2) is 58.3 Å². The van der Waals surface area contributed by atoms with Gasteiger partial charge in [0.2, 0.25) is 0 Å². The van der Waals surface area contributed by atoms with Gasteiger partial charge in [0.25, 0.3) is 5.91 Å². The van der Waals surface area contributed by atoms with Crippen LogP contribution in [0, 0.1) is 6.92 Å². The van der Waals surface area contributed by atoms with Crippen LogP contribution >= 0.6 is 11.3 Å². The van der Waals surface area contributed by atoms with Gasteiger partial charge in [0.15, 0.2) is 5.76 Å². The Labute approximate surface area is 179 Å². The Balaban J connectivity index is 1.41. The van der Waals surface area contributed by atoms with E-state index in [1.165, 1.54) is 4.88 Å². The number of carbonyl (C=O) groups excluding carboxylic acids is 1. The Morgan fingerprint density at radius 2 is 1.93 bits per heavy atom. The van der Waals surface area contributed by atoms with Crippen LogP contribution in [0.2, 0.25) is 0 Å². The van der Waals surface area contributed by atoms with Gasteiger partial charge in [-0.05, 0) is 23.8 Å². The summed E-state index contributed by atoms with van der Waals surface area (Å²) in [6.07, 6.45) is 0. The molecule has 1 fully saturated rings. The Hall–Kier alpha value is -2.67. The molecule has 2 aromatic heterocycles. The molecule has 1 unspecified atom stereocenters. The number of amides is 1. The van der Waals surface area contributed by atoms with Gasteiger partial charge in [-0.3, -0.25) is 9.69 Å². The first kappa shape index (κ1) is 19.3. The Morgan fingerprint density at radius 1 is 1.10 bits per heavy atom. The van der Waals surface area contributed by atoms with E-state index in [9.17, 15) is 4.79 Å². The summed E-state index contributed by atoms with van der Waals surface area (Å²) in [4.78, 5) is 16.7. The first-order valence-electron chi connectivity index (χ1n) is 10.3. The highest BCUT2D eigenvalue weighted by molar-refractivity contribution is 7.10. The number of benzene rings is 2. The van der Waals surface area contributed by atoms with Crippen LogP contribution in [0.5, 0.6) is 0 Å². The number of hydrogen-bond acceptors (Lipinski definition) is 5. The smallest absolute Gasteiger partial charge is 0.287 e. The lowest BCUT2D eigenvalue weighted by Gasteiger charge is -2.34. The molecule has 3 heterocycles. The van der Waals surface area contributed by atoms with Crippen LogP contribution in [-0.4, -0.2) is 43.7 Å². The fourth-order valence-corrected chi connectivity index (χ4v) is 5.08. The minimum Gasteiger partial charge on any atom is -0.450 e. The average molecular weight is 421 g/mol. The van der Waals surface area contributed by atoms with E-state index < -0.39 is 0 Å². The van der Waals surface area contributed by atoms with Gasteiger partial charge in [0.05, 0.1) is 19.3 Å². The second kappa shape index (κ2) is 8.22. The number of ether oxygens (including phenoxy) is 1. The summed E-state index contributed by atoms with van der Waals surface area (Å²) >= 11 is 1.72. The number of aryl methyl sites for hydroxylation is 1. The molecule has 0 saturated carbocycles. The highest BCUT2D eigenvalue weighted by Gasteiger charge is 2.25. The molecule has 5 nitrogen and oxygen atoms in total. The predicted octanol–water partition coefficient (Wildman–Crippen LogP) is 4.76. The maximum absolute atomic E-state index is 13.1. The van der Waals surface area contributed by atoms with Crippen LogP contribution in [-0.2, 0) is 4.74 Å². The molecule has 1 amide bonds. The lowest BCUT2D eigenvalue weighted by molar-refractivity contribution is 0.0169. The minimum atomic E-state index is -0.164. The second-order valence-corrected chi connectivity index (χ2v) is 8.59. The van der Waals surface area contributed by atoms with Crippen LogP contribution in [0.1, 0.15) is 27.0 Å². The van der Waals surface area contributed by atoms with Crippen LogP contribution in [0.25, 0.3) is 21.7 Å². The van der Waals surface area contributed by atoms with Crippen LogP contribution in [0.4, 0.5) is 0 Å². The molecule has 0 aliphatic carbocycles. The van der Waals surface area contributed by atoms with Crippen molar-refractivity contribution in [2.45, 2.75) is 13.0 Å². The highest BCUT2D eigenvalue weighted by Crippen LogP contribution is 2.32. The number of hydrogen-bond donors (Lipinski definition) is 1. The van der Waals surface area contributed by atoms with Crippen molar-refractivity contribution in [3.05, 3.63) is 70.1 Å². The van der Waals surface area contributed by atoms with Gasteiger partial charge in [-0.25, -0.2) is 0 Å². The van der Waals surface area contributed by atoms with Crippen molar-refractivity contribution in [2.24, 2.45) is 0 Å². The first-order valence-corrected chi connectivity index (χ1v) is 11.1. The van der Waals surface area contributed by atoms with Gasteiger partial charge in [-0.15, -0.1) is 11.3 Å². The molecule has 1 saturated heterocycles. The summed E-state index contributed by atoms with van der Waals surface area (Å²) in [6.45, 7) is 5.68. The van der Waals surface area contributed by atoms with E-state index in [-0.39, 0.29) is 11.9 Å². The van der Waals surface area contributed by atoms with E-state index >= 15 is 0 Å². The second-order valence-electron chi connectivity index (χ2n) is 7.61. The minimum absolute atomic E-state index is 0.142. The average Bonchev–Trinajstić information content (AvgIpc) is 3.43. The fourth-order valence-electron chi connectivity index (χ4n) is 4.22. The largest absolute Gasteiger partial charge is 0.450 e. The molecule has 1 N–H and O–H groups in total. The number of fused-ring (bicyclic) bond motifs is 3. The van der Waals surface area contributed by atoms with Crippen molar-refractivity contribution in [1.82, 2.24) is 10.2 Å². The topological polar surface area (TPSA) is 54.7 Å². The number of thiophene rings is 1. The number of rotatable bonds is 5. The monoisotopic (exact) mass is 420 g/mol. The molecule has 0 bridgehead atoms. The first-order chi connectivity index (χ1) is 14.7. The summed E-state index contributed by atoms with van der Waals surface area (Å²) in [5.41, 5.74) is 1.66. The zero-order valence-corrected chi connectivity index (χ0v) is 17.7. The van der Waals surface area contributed by atoms with Gasteiger partial charge in [-0.1, -0.05) is 42.5 Å². The van der Waals surface area contributed by atoms with Crippen molar-refractivity contribution in [1.29, 1.82) is 0 Å². The molecule has 6 heteroatoms. The standard InChI is InChI=1S/C24H24N2O3S/c1-16-18-9-8-17-5-2-3-6-19(17)23(18)29-22(16)24(27)25-15-20(21-7-4-14-30-21)26-10-12-28-13-11-26/h2-9,14,20H,10-13,15H2,1H3,(H,25,27). The molecular formula is C24H24N2O3S. The number of nitrogens with one attached hydrogen (secondary N) is 1. The molecule has 30 heavy (non-hydrogen) atoms. The van der Waals surface area contributed by atoms with E-state index in [0.29, 0.717) is 12.3 Å². The lowest BCUT2D eigenvalue weighted by Crippen LogP contribution is -2.43. The van der Waals surface area contributed by atoms with Crippen molar-refractivity contribution >= 4 is 39.0 Å². The van der Waals surface area contributed by atoms with E-state index in [1.54, 1.807) is 11.3 Å². The van der Waals surface area contributed by atoms with Gasteiger partial charge < -0.3 is 14.5 Å². The predicted molar refractivity (Wildman–Crippen MR) is 120 cm³/mol. The molecule has 5 rings (SSSR count). The van der Waals surface area contributed by atoms with Crippen molar-refractivity contribution < 1.29 is 13.9 Å². The quantitative estimate of drug-likeness (QED) is 0.506.